The van der Waals surface area contributed by atoms with Crippen molar-refractivity contribution in [3.05, 3.63) is 70.3 Å². The van der Waals surface area contributed by atoms with Gasteiger partial charge in [0.05, 0.1) is 24.5 Å². The summed E-state index contributed by atoms with van der Waals surface area (Å²) in [6.07, 6.45) is 1.36. The number of aliphatic hydroxyl groups is 1. The lowest BCUT2D eigenvalue weighted by Crippen LogP contribution is -2.31. The fourth-order valence-corrected chi connectivity index (χ4v) is 3.93. The molecule has 2 aromatic heterocycles. The molecule has 0 bridgehead atoms. The summed E-state index contributed by atoms with van der Waals surface area (Å²) in [4.78, 5) is 27.3. The molecule has 8 nitrogen and oxygen atoms in total. The van der Waals surface area contributed by atoms with E-state index in [9.17, 15) is 14.7 Å². The van der Waals surface area contributed by atoms with Gasteiger partial charge in [0, 0.05) is 0 Å². The van der Waals surface area contributed by atoms with Crippen LogP contribution in [0.4, 0.5) is 5.13 Å². The Kier molecular flexibility index (Phi) is 4.89. The average molecular weight is 411 g/mol. The molecule has 9 heteroatoms. The Morgan fingerprint density at radius 2 is 2.14 bits per heavy atom. The van der Waals surface area contributed by atoms with Crippen LogP contribution in [-0.4, -0.2) is 33.6 Å². The molecule has 1 amide bonds. The number of rotatable bonds is 6. The van der Waals surface area contributed by atoms with Crippen molar-refractivity contribution >= 4 is 28.2 Å². The summed E-state index contributed by atoms with van der Waals surface area (Å²) in [5.74, 6) is -1.31. The molecule has 148 valence electrons. The van der Waals surface area contributed by atoms with Gasteiger partial charge in [-0.15, -0.1) is 10.2 Å². The van der Waals surface area contributed by atoms with Gasteiger partial charge < -0.3 is 14.3 Å². The minimum absolute atomic E-state index is 0.0283. The Labute approximate surface area is 170 Å². The Bertz CT molecular complexity index is 1100. The minimum Gasteiger partial charge on any atom is -0.503 e. The largest absolute Gasteiger partial charge is 0.503 e. The van der Waals surface area contributed by atoms with Crippen LogP contribution in [0.15, 0.2) is 58.4 Å². The van der Waals surface area contributed by atoms with Crippen LogP contribution < -0.4 is 9.64 Å². The van der Waals surface area contributed by atoms with Crippen molar-refractivity contribution in [2.75, 3.05) is 11.5 Å². The second-order valence-corrected chi connectivity index (χ2v) is 7.42. The Morgan fingerprint density at radius 1 is 1.31 bits per heavy atom. The summed E-state index contributed by atoms with van der Waals surface area (Å²) in [5, 5.41) is 19.6. The SMILES string of the molecule is CCOc1cccc([C@@H]2C(C(=O)c3ccco3)=C(O)C(=O)N2c2nnc(C)s2)c1. The number of furan rings is 1. The van der Waals surface area contributed by atoms with Gasteiger partial charge >= 0.3 is 0 Å². The zero-order valence-electron chi connectivity index (χ0n) is 15.7. The molecule has 29 heavy (non-hydrogen) atoms. The van der Waals surface area contributed by atoms with Gasteiger partial charge in [0.15, 0.2) is 11.5 Å². The van der Waals surface area contributed by atoms with Crippen LogP contribution in [0.3, 0.4) is 0 Å². The highest BCUT2D eigenvalue weighted by atomic mass is 32.1. The van der Waals surface area contributed by atoms with Crippen molar-refractivity contribution in [2.45, 2.75) is 19.9 Å². The minimum atomic E-state index is -0.896. The van der Waals surface area contributed by atoms with Crippen LogP contribution >= 0.6 is 11.3 Å². The third-order valence-corrected chi connectivity index (χ3v) is 5.24. The normalized spacial score (nSPS) is 16.6. The third-order valence-electron chi connectivity index (χ3n) is 4.40. The van der Waals surface area contributed by atoms with Gasteiger partial charge in [-0.25, -0.2) is 0 Å². The van der Waals surface area contributed by atoms with E-state index in [0.717, 1.165) is 0 Å². The predicted molar refractivity (Wildman–Crippen MR) is 105 cm³/mol. The average Bonchev–Trinajstić information content (AvgIpc) is 3.43. The molecule has 0 fully saturated rings. The number of hydrogen-bond acceptors (Lipinski definition) is 8. The molecule has 1 aromatic carbocycles. The number of ketones is 1. The number of aliphatic hydroxyl groups excluding tert-OH is 1. The van der Waals surface area contributed by atoms with Gasteiger partial charge in [0.25, 0.3) is 5.91 Å². The summed E-state index contributed by atoms with van der Waals surface area (Å²) in [5.41, 5.74) is 0.516. The first-order valence-electron chi connectivity index (χ1n) is 8.89. The van der Waals surface area contributed by atoms with Crippen molar-refractivity contribution in [2.24, 2.45) is 0 Å². The first-order valence-corrected chi connectivity index (χ1v) is 9.70. The first kappa shape index (κ1) is 18.9. The molecule has 1 atom stereocenters. The quantitative estimate of drug-likeness (QED) is 0.618. The Hall–Kier alpha value is -3.46. The van der Waals surface area contributed by atoms with E-state index in [-0.39, 0.29) is 16.5 Å². The topological polar surface area (TPSA) is 106 Å². The van der Waals surface area contributed by atoms with Crippen LogP contribution in [-0.2, 0) is 4.79 Å². The van der Waals surface area contributed by atoms with E-state index in [0.29, 0.717) is 22.9 Å². The molecule has 1 aliphatic rings. The number of ether oxygens (including phenoxy) is 1. The van der Waals surface area contributed by atoms with Gasteiger partial charge in [-0.3, -0.25) is 14.5 Å². The second-order valence-electron chi connectivity index (χ2n) is 6.26. The second kappa shape index (κ2) is 7.51. The van der Waals surface area contributed by atoms with E-state index in [2.05, 4.69) is 10.2 Å². The zero-order chi connectivity index (χ0) is 20.5. The summed E-state index contributed by atoms with van der Waals surface area (Å²) >= 11 is 1.19. The number of nitrogens with zero attached hydrogens (tertiary/aromatic N) is 3. The maximum atomic E-state index is 13.1. The molecule has 0 aliphatic carbocycles. The first-order chi connectivity index (χ1) is 14.0. The molecule has 3 aromatic rings. The Morgan fingerprint density at radius 3 is 2.79 bits per heavy atom. The molecular formula is C20H17N3O5S. The molecule has 1 N–H and O–H groups in total. The number of hydrogen-bond donors (Lipinski definition) is 1. The fourth-order valence-electron chi connectivity index (χ4n) is 3.21. The van der Waals surface area contributed by atoms with Gasteiger partial charge in [-0.05, 0) is 43.7 Å². The lowest BCUT2D eigenvalue weighted by molar-refractivity contribution is -0.117. The van der Waals surface area contributed by atoms with Gasteiger partial charge in [-0.2, -0.15) is 0 Å². The van der Waals surface area contributed by atoms with Crippen molar-refractivity contribution < 1.29 is 23.8 Å². The van der Waals surface area contributed by atoms with E-state index in [4.69, 9.17) is 9.15 Å². The smallest absolute Gasteiger partial charge is 0.296 e. The highest BCUT2D eigenvalue weighted by Crippen LogP contribution is 2.43. The van der Waals surface area contributed by atoms with E-state index < -0.39 is 23.5 Å². The van der Waals surface area contributed by atoms with Gasteiger partial charge in [-0.1, -0.05) is 23.5 Å². The molecule has 0 spiro atoms. The van der Waals surface area contributed by atoms with Crippen molar-refractivity contribution in [1.29, 1.82) is 0 Å². The monoisotopic (exact) mass is 411 g/mol. The molecule has 0 unspecified atom stereocenters. The number of anilines is 1. The Balaban J connectivity index is 1.87. The fraction of sp³-hybridized carbons (Fsp3) is 0.200. The predicted octanol–water partition coefficient (Wildman–Crippen LogP) is 3.62. The number of carbonyl (C=O) groups is 2. The number of benzene rings is 1. The van der Waals surface area contributed by atoms with Crippen molar-refractivity contribution in [3.63, 3.8) is 0 Å². The van der Waals surface area contributed by atoms with E-state index in [1.54, 1.807) is 37.3 Å². The van der Waals surface area contributed by atoms with E-state index in [1.807, 2.05) is 6.92 Å². The maximum absolute atomic E-state index is 13.1. The number of aryl methyl sites for hydroxylation is 1. The molecular weight excluding hydrogens is 394 g/mol. The standard InChI is InChI=1S/C20H17N3O5S/c1-3-27-13-7-4-6-12(10-13)16-15(17(24)14-8-5-9-28-14)18(25)19(26)23(16)20-22-21-11(2)29-20/h4-10,16,25H,3H2,1-2H3/t16-/m1/s1. The summed E-state index contributed by atoms with van der Waals surface area (Å²) < 4.78 is 10.8. The summed E-state index contributed by atoms with van der Waals surface area (Å²) in [6, 6.07) is 9.19. The molecule has 4 rings (SSSR count). The maximum Gasteiger partial charge on any atom is 0.296 e. The lowest BCUT2D eigenvalue weighted by atomic mass is 9.95. The van der Waals surface area contributed by atoms with Gasteiger partial charge in [0.2, 0.25) is 10.9 Å². The summed E-state index contributed by atoms with van der Waals surface area (Å²) in [6.45, 7) is 4.08. The van der Waals surface area contributed by atoms with Crippen LogP contribution in [0.5, 0.6) is 5.75 Å². The third kappa shape index (κ3) is 3.29. The molecule has 0 radical (unpaired) electrons. The van der Waals surface area contributed by atoms with Crippen LogP contribution in [0.2, 0.25) is 0 Å². The van der Waals surface area contributed by atoms with Crippen LogP contribution in [0.25, 0.3) is 0 Å². The molecule has 1 aliphatic heterocycles. The summed E-state index contributed by atoms with van der Waals surface area (Å²) in [7, 11) is 0. The number of Topliss-reactive ketones (excluding diaryl/α,β-unsaturated/α-hetero) is 1. The van der Waals surface area contributed by atoms with E-state index >= 15 is 0 Å². The van der Waals surface area contributed by atoms with E-state index in [1.165, 1.54) is 28.6 Å². The molecule has 0 saturated heterocycles. The number of amides is 1. The number of carbonyl (C=O) groups excluding carboxylic acids is 2. The molecule has 3 heterocycles. The zero-order valence-corrected chi connectivity index (χ0v) is 16.5. The highest BCUT2D eigenvalue weighted by Gasteiger charge is 2.46. The number of aromatic nitrogens is 2. The highest BCUT2D eigenvalue weighted by molar-refractivity contribution is 7.15. The van der Waals surface area contributed by atoms with Gasteiger partial charge in [0.1, 0.15) is 10.8 Å². The molecule has 0 saturated carbocycles. The van der Waals surface area contributed by atoms with Crippen molar-refractivity contribution in [1.82, 2.24) is 10.2 Å². The van der Waals surface area contributed by atoms with Crippen LogP contribution in [0.1, 0.15) is 34.1 Å². The lowest BCUT2D eigenvalue weighted by Gasteiger charge is -2.24. The van der Waals surface area contributed by atoms with Crippen molar-refractivity contribution in [3.8, 4) is 5.75 Å². The van der Waals surface area contributed by atoms with Crippen LogP contribution in [0, 0.1) is 6.92 Å².